The average Bonchev–Trinajstić information content (AvgIpc) is 2.31. The molecule has 0 aliphatic heterocycles. The molecular formula is C13H19F2NO. The first-order chi connectivity index (χ1) is 8.08. The first-order valence-corrected chi connectivity index (χ1v) is 5.80. The van der Waals surface area contributed by atoms with Gasteiger partial charge in [-0.15, -0.1) is 0 Å². The van der Waals surface area contributed by atoms with Gasteiger partial charge in [-0.25, -0.2) is 0 Å². The highest BCUT2D eigenvalue weighted by atomic mass is 19.3. The summed E-state index contributed by atoms with van der Waals surface area (Å²) in [5, 5.41) is 3.24. The van der Waals surface area contributed by atoms with Gasteiger partial charge in [-0.05, 0) is 30.7 Å². The minimum Gasteiger partial charge on any atom is -0.435 e. The van der Waals surface area contributed by atoms with Gasteiger partial charge in [-0.3, -0.25) is 0 Å². The minimum absolute atomic E-state index is 0.197. The van der Waals surface area contributed by atoms with Crippen molar-refractivity contribution >= 4 is 0 Å². The average molecular weight is 243 g/mol. The highest BCUT2D eigenvalue weighted by molar-refractivity contribution is 5.29. The molecule has 1 rings (SSSR count). The van der Waals surface area contributed by atoms with Gasteiger partial charge in [0, 0.05) is 6.04 Å². The molecule has 0 heterocycles. The summed E-state index contributed by atoms with van der Waals surface area (Å²) in [6, 6.07) is 7.04. The Labute approximate surface area is 101 Å². The van der Waals surface area contributed by atoms with Crippen molar-refractivity contribution in [1.82, 2.24) is 5.32 Å². The van der Waals surface area contributed by atoms with Crippen molar-refractivity contribution in [3.05, 3.63) is 29.8 Å². The zero-order valence-corrected chi connectivity index (χ0v) is 10.4. The third kappa shape index (κ3) is 3.97. The van der Waals surface area contributed by atoms with Gasteiger partial charge in [-0.1, -0.05) is 32.4 Å². The quantitative estimate of drug-likeness (QED) is 0.824. The predicted molar refractivity (Wildman–Crippen MR) is 64.3 cm³/mol. The first-order valence-electron chi connectivity index (χ1n) is 5.80. The monoisotopic (exact) mass is 243 g/mol. The number of ether oxygens (including phenoxy) is 1. The molecule has 0 aliphatic rings. The van der Waals surface area contributed by atoms with E-state index in [-0.39, 0.29) is 11.8 Å². The largest absolute Gasteiger partial charge is 0.435 e. The van der Waals surface area contributed by atoms with Gasteiger partial charge in [0.2, 0.25) is 0 Å². The highest BCUT2D eigenvalue weighted by Gasteiger charge is 2.15. The zero-order valence-electron chi connectivity index (χ0n) is 10.4. The topological polar surface area (TPSA) is 21.3 Å². The van der Waals surface area contributed by atoms with Crippen LogP contribution >= 0.6 is 0 Å². The minimum atomic E-state index is -2.77. The highest BCUT2D eigenvalue weighted by Crippen LogP contribution is 2.26. The van der Waals surface area contributed by atoms with Crippen LogP contribution in [0.3, 0.4) is 0 Å². The van der Waals surface area contributed by atoms with E-state index in [2.05, 4.69) is 23.9 Å². The van der Waals surface area contributed by atoms with E-state index in [9.17, 15) is 8.78 Å². The van der Waals surface area contributed by atoms with E-state index in [0.717, 1.165) is 12.0 Å². The second-order valence-corrected chi connectivity index (χ2v) is 4.10. The van der Waals surface area contributed by atoms with Gasteiger partial charge >= 0.3 is 6.61 Å². The standard InChI is InChI=1S/C13H19F2NO/c1-4-9(2)12(16-3)10-5-7-11(8-6-10)17-13(14)15/h5-9,12-13,16H,4H2,1-3H3. The van der Waals surface area contributed by atoms with Crippen LogP contribution in [0.4, 0.5) is 8.78 Å². The Morgan fingerprint density at radius 2 is 1.82 bits per heavy atom. The molecule has 2 atom stereocenters. The SMILES string of the molecule is CCC(C)C(NC)c1ccc(OC(F)F)cc1. The van der Waals surface area contributed by atoms with Crippen LogP contribution in [0.1, 0.15) is 31.9 Å². The molecule has 0 aliphatic carbocycles. The molecule has 2 nitrogen and oxygen atoms in total. The number of hydrogen-bond acceptors (Lipinski definition) is 2. The normalized spacial score (nSPS) is 14.7. The van der Waals surface area contributed by atoms with Crippen LogP contribution in [0.25, 0.3) is 0 Å². The van der Waals surface area contributed by atoms with Gasteiger partial charge in [0.15, 0.2) is 0 Å². The number of benzene rings is 1. The fourth-order valence-corrected chi connectivity index (χ4v) is 1.87. The first kappa shape index (κ1) is 13.9. The molecule has 0 saturated carbocycles. The van der Waals surface area contributed by atoms with Gasteiger partial charge < -0.3 is 10.1 Å². The number of halogens is 2. The molecule has 0 radical (unpaired) electrons. The van der Waals surface area contributed by atoms with Gasteiger partial charge in [-0.2, -0.15) is 8.78 Å². The van der Waals surface area contributed by atoms with E-state index in [1.54, 1.807) is 12.1 Å². The fraction of sp³-hybridized carbons (Fsp3) is 0.538. The van der Waals surface area contributed by atoms with Gasteiger partial charge in [0.25, 0.3) is 0 Å². The maximum Gasteiger partial charge on any atom is 0.387 e. The summed E-state index contributed by atoms with van der Waals surface area (Å²) >= 11 is 0. The second kappa shape index (κ2) is 6.55. The van der Waals surface area contributed by atoms with Crippen molar-refractivity contribution in [3.8, 4) is 5.75 Å². The van der Waals surface area contributed by atoms with E-state index in [4.69, 9.17) is 0 Å². The second-order valence-electron chi connectivity index (χ2n) is 4.10. The molecule has 0 fully saturated rings. The molecule has 0 bridgehead atoms. The third-order valence-corrected chi connectivity index (χ3v) is 2.99. The lowest BCUT2D eigenvalue weighted by Crippen LogP contribution is -2.23. The van der Waals surface area contributed by atoms with Crippen LogP contribution in [-0.2, 0) is 0 Å². The molecule has 17 heavy (non-hydrogen) atoms. The lowest BCUT2D eigenvalue weighted by molar-refractivity contribution is -0.0498. The van der Waals surface area contributed by atoms with E-state index in [1.807, 2.05) is 19.2 Å². The van der Waals surface area contributed by atoms with Gasteiger partial charge in [0.1, 0.15) is 5.75 Å². The summed E-state index contributed by atoms with van der Waals surface area (Å²) in [5.41, 5.74) is 1.09. The molecule has 1 aromatic rings. The molecule has 1 aromatic carbocycles. The van der Waals surface area contributed by atoms with Crippen LogP contribution in [0.2, 0.25) is 0 Å². The maximum absolute atomic E-state index is 12.0. The smallest absolute Gasteiger partial charge is 0.387 e. The molecule has 0 saturated heterocycles. The van der Waals surface area contributed by atoms with Crippen LogP contribution < -0.4 is 10.1 Å². The van der Waals surface area contributed by atoms with E-state index in [1.165, 1.54) is 0 Å². The van der Waals surface area contributed by atoms with Crippen LogP contribution in [0.5, 0.6) is 5.75 Å². The van der Waals surface area contributed by atoms with Crippen molar-refractivity contribution in [2.75, 3.05) is 7.05 Å². The number of hydrogen-bond donors (Lipinski definition) is 1. The van der Waals surface area contributed by atoms with Crippen LogP contribution in [-0.4, -0.2) is 13.7 Å². The summed E-state index contributed by atoms with van der Waals surface area (Å²) in [6.07, 6.45) is 1.06. The van der Waals surface area contributed by atoms with Crippen molar-refractivity contribution in [1.29, 1.82) is 0 Å². The Kier molecular flexibility index (Phi) is 5.35. The lowest BCUT2D eigenvalue weighted by atomic mass is 9.93. The summed E-state index contributed by atoms with van der Waals surface area (Å²) in [5.74, 6) is 0.685. The maximum atomic E-state index is 12.0. The van der Waals surface area contributed by atoms with E-state index >= 15 is 0 Å². The molecule has 1 N–H and O–H groups in total. The molecule has 0 amide bonds. The number of nitrogens with one attached hydrogen (secondary N) is 1. The Bertz CT molecular complexity index is 327. The lowest BCUT2D eigenvalue weighted by Gasteiger charge is -2.23. The summed E-state index contributed by atoms with van der Waals surface area (Å²) in [4.78, 5) is 0. The molecule has 4 heteroatoms. The van der Waals surface area contributed by atoms with Crippen molar-refractivity contribution in [2.24, 2.45) is 5.92 Å². The Balaban J connectivity index is 2.77. The Morgan fingerprint density at radius 3 is 2.24 bits per heavy atom. The summed E-state index contributed by atoms with van der Waals surface area (Å²) < 4.78 is 28.3. The van der Waals surface area contributed by atoms with Crippen molar-refractivity contribution in [3.63, 3.8) is 0 Å². The fourth-order valence-electron chi connectivity index (χ4n) is 1.87. The van der Waals surface area contributed by atoms with E-state index in [0.29, 0.717) is 5.92 Å². The van der Waals surface area contributed by atoms with Crippen molar-refractivity contribution in [2.45, 2.75) is 32.9 Å². The van der Waals surface area contributed by atoms with Gasteiger partial charge in [0.05, 0.1) is 0 Å². The summed E-state index contributed by atoms with van der Waals surface area (Å²) in [6.45, 7) is 1.52. The Hall–Kier alpha value is -1.16. The van der Waals surface area contributed by atoms with E-state index < -0.39 is 6.61 Å². The molecular weight excluding hydrogens is 224 g/mol. The predicted octanol–water partition coefficient (Wildman–Crippen LogP) is 3.59. The molecule has 2 unspecified atom stereocenters. The van der Waals surface area contributed by atoms with Crippen molar-refractivity contribution < 1.29 is 13.5 Å². The van der Waals surface area contributed by atoms with Crippen LogP contribution in [0, 0.1) is 5.92 Å². The summed E-state index contributed by atoms with van der Waals surface area (Å²) in [7, 11) is 1.90. The Morgan fingerprint density at radius 1 is 1.24 bits per heavy atom. The molecule has 0 spiro atoms. The molecule has 0 aromatic heterocycles. The van der Waals surface area contributed by atoms with Crippen LogP contribution in [0.15, 0.2) is 24.3 Å². The number of rotatable bonds is 6. The number of alkyl halides is 2. The zero-order chi connectivity index (χ0) is 12.8. The molecule has 96 valence electrons. The third-order valence-electron chi connectivity index (χ3n) is 2.99.